The number of benzene rings is 2. The van der Waals surface area contributed by atoms with Crippen molar-refractivity contribution in [2.75, 3.05) is 17.2 Å². The Morgan fingerprint density at radius 1 is 1.16 bits per heavy atom. The lowest BCUT2D eigenvalue weighted by atomic mass is 9.94. The van der Waals surface area contributed by atoms with Crippen LogP contribution in [0.1, 0.15) is 51.7 Å². The zero-order valence-electron chi connectivity index (χ0n) is 17.7. The van der Waals surface area contributed by atoms with Crippen LogP contribution in [-0.2, 0) is 5.54 Å². The van der Waals surface area contributed by atoms with Crippen molar-refractivity contribution < 1.29 is 19.8 Å². The van der Waals surface area contributed by atoms with Crippen molar-refractivity contribution in [2.24, 2.45) is 0 Å². The third kappa shape index (κ3) is 4.13. The number of rotatable bonds is 7. The Balaban J connectivity index is 1.64. The highest BCUT2D eigenvalue weighted by molar-refractivity contribution is 6.00. The molecule has 5 N–H and O–H groups in total. The summed E-state index contributed by atoms with van der Waals surface area (Å²) in [6, 6.07) is 15.8. The Morgan fingerprint density at radius 2 is 1.91 bits per heavy atom. The smallest absolute Gasteiger partial charge is 0.339 e. The molecular weight excluding hydrogens is 408 g/mol. The minimum atomic E-state index is -1.12. The van der Waals surface area contributed by atoms with Gasteiger partial charge in [-0.25, -0.2) is 9.78 Å². The second-order valence-electron chi connectivity index (χ2n) is 8.17. The number of fused-ring (bicyclic) bond motifs is 1. The van der Waals surface area contributed by atoms with Crippen LogP contribution in [0.15, 0.2) is 60.8 Å². The third-order valence-electron chi connectivity index (χ3n) is 5.48. The number of aromatic nitrogens is 1. The van der Waals surface area contributed by atoms with Crippen LogP contribution in [0.3, 0.4) is 0 Å². The van der Waals surface area contributed by atoms with E-state index in [1.54, 1.807) is 18.2 Å². The third-order valence-corrected chi connectivity index (χ3v) is 5.48. The van der Waals surface area contributed by atoms with Crippen LogP contribution >= 0.6 is 0 Å². The van der Waals surface area contributed by atoms with E-state index in [1.807, 2.05) is 50.2 Å². The van der Waals surface area contributed by atoms with E-state index in [4.69, 9.17) is 0 Å². The zero-order valence-corrected chi connectivity index (χ0v) is 17.7. The van der Waals surface area contributed by atoms with Crippen molar-refractivity contribution in [3.63, 3.8) is 0 Å². The first kappa shape index (κ1) is 21.3. The summed E-state index contributed by atoms with van der Waals surface area (Å²) in [5.74, 6) is -0.805. The number of carbonyl (C=O) groups excluding carboxylic acids is 1. The number of pyridine rings is 1. The number of aliphatic hydroxyl groups is 1. The molecule has 3 aromatic rings. The Bertz CT molecular complexity index is 1180. The number of carboxylic acid groups (broad SMARTS) is 1. The summed E-state index contributed by atoms with van der Waals surface area (Å²) in [4.78, 5) is 28.1. The standard InChI is InChI=1S/C24H24N4O4/c1-24(2)18-10-15(8-9-16(18)22(30)28-24)26-21-11-19(17(12-25-21)23(31)32)27-20(13-29)14-6-4-3-5-7-14/h3-12,20,29H,13H2,1-2H3,(H,28,30)(H,31,32)(H2,25,26,27)/t20-/m1/s1. The van der Waals surface area contributed by atoms with Crippen molar-refractivity contribution >= 4 is 29.1 Å². The van der Waals surface area contributed by atoms with Crippen LogP contribution in [0.5, 0.6) is 0 Å². The SMILES string of the molecule is CC1(C)NC(=O)c2ccc(Nc3cc(N[C@H](CO)c4ccccc4)c(C(=O)O)cn3)cc21. The van der Waals surface area contributed by atoms with Gasteiger partial charge in [-0.15, -0.1) is 0 Å². The minimum Gasteiger partial charge on any atom is -0.478 e. The van der Waals surface area contributed by atoms with Crippen molar-refractivity contribution in [3.8, 4) is 0 Å². The van der Waals surface area contributed by atoms with Crippen LogP contribution in [-0.4, -0.2) is 33.7 Å². The molecule has 0 aliphatic carbocycles. The fourth-order valence-corrected chi connectivity index (χ4v) is 3.82. The van der Waals surface area contributed by atoms with E-state index >= 15 is 0 Å². The quantitative estimate of drug-likeness (QED) is 0.386. The fourth-order valence-electron chi connectivity index (χ4n) is 3.82. The fraction of sp³-hybridized carbons (Fsp3) is 0.208. The highest BCUT2D eigenvalue weighted by Gasteiger charge is 2.35. The van der Waals surface area contributed by atoms with Crippen molar-refractivity contribution in [1.82, 2.24) is 10.3 Å². The Morgan fingerprint density at radius 3 is 2.59 bits per heavy atom. The zero-order chi connectivity index (χ0) is 22.9. The van der Waals surface area contributed by atoms with Gasteiger partial charge in [0.05, 0.1) is 23.9 Å². The average molecular weight is 432 g/mol. The topological polar surface area (TPSA) is 124 Å². The van der Waals surface area contributed by atoms with Gasteiger partial charge in [0.25, 0.3) is 5.91 Å². The van der Waals surface area contributed by atoms with E-state index in [-0.39, 0.29) is 18.1 Å². The molecule has 1 aliphatic heterocycles. The average Bonchev–Trinajstić information content (AvgIpc) is 3.00. The van der Waals surface area contributed by atoms with Gasteiger partial charge in [0.15, 0.2) is 0 Å². The molecule has 0 fully saturated rings. The molecule has 8 heteroatoms. The molecular formula is C24H24N4O4. The maximum absolute atomic E-state index is 12.1. The van der Waals surface area contributed by atoms with E-state index < -0.39 is 17.6 Å². The number of hydrogen-bond acceptors (Lipinski definition) is 6. The summed E-state index contributed by atoms with van der Waals surface area (Å²) in [7, 11) is 0. The molecule has 1 amide bonds. The molecule has 0 unspecified atom stereocenters. The van der Waals surface area contributed by atoms with E-state index in [1.165, 1.54) is 6.20 Å². The van der Waals surface area contributed by atoms with Crippen molar-refractivity contribution in [3.05, 3.63) is 83.0 Å². The number of aromatic carboxylic acids is 1. The first-order chi connectivity index (χ1) is 15.3. The van der Waals surface area contributed by atoms with E-state index in [0.717, 1.165) is 16.8 Å². The molecule has 2 aromatic carbocycles. The Kier molecular flexibility index (Phi) is 5.54. The van der Waals surface area contributed by atoms with E-state index in [9.17, 15) is 19.8 Å². The monoisotopic (exact) mass is 432 g/mol. The molecule has 4 rings (SSSR count). The van der Waals surface area contributed by atoms with Crippen LogP contribution in [0, 0.1) is 0 Å². The largest absolute Gasteiger partial charge is 0.478 e. The minimum absolute atomic E-state index is 0.00480. The van der Waals surface area contributed by atoms with Gasteiger partial charge >= 0.3 is 5.97 Å². The molecule has 0 radical (unpaired) electrons. The lowest BCUT2D eigenvalue weighted by Crippen LogP contribution is -2.32. The summed E-state index contributed by atoms with van der Waals surface area (Å²) < 4.78 is 0. The molecule has 164 valence electrons. The molecule has 0 saturated heterocycles. The summed E-state index contributed by atoms with van der Waals surface area (Å²) >= 11 is 0. The van der Waals surface area contributed by atoms with Crippen molar-refractivity contribution in [2.45, 2.75) is 25.4 Å². The molecule has 2 heterocycles. The lowest BCUT2D eigenvalue weighted by molar-refractivity contribution is 0.0697. The number of hydrogen-bond donors (Lipinski definition) is 5. The highest BCUT2D eigenvalue weighted by atomic mass is 16.4. The number of carbonyl (C=O) groups is 2. The molecule has 1 atom stereocenters. The molecule has 0 spiro atoms. The summed E-state index contributed by atoms with van der Waals surface area (Å²) in [6.45, 7) is 3.65. The number of anilines is 3. The van der Waals surface area contributed by atoms with Gasteiger partial charge in [-0.3, -0.25) is 4.79 Å². The predicted molar refractivity (Wildman–Crippen MR) is 121 cm³/mol. The van der Waals surface area contributed by atoms with Crippen LogP contribution < -0.4 is 16.0 Å². The molecule has 0 saturated carbocycles. The maximum Gasteiger partial charge on any atom is 0.339 e. The first-order valence-corrected chi connectivity index (χ1v) is 10.2. The number of aliphatic hydroxyl groups excluding tert-OH is 1. The Labute approximate surface area is 185 Å². The normalized spacial score (nSPS) is 14.9. The molecule has 32 heavy (non-hydrogen) atoms. The summed E-state index contributed by atoms with van der Waals surface area (Å²) in [5.41, 5.74) is 2.89. The van der Waals surface area contributed by atoms with Crippen LogP contribution in [0.4, 0.5) is 17.2 Å². The molecule has 1 aliphatic rings. The Hall–Kier alpha value is -3.91. The lowest BCUT2D eigenvalue weighted by Gasteiger charge is -2.21. The molecule has 0 bridgehead atoms. The number of amides is 1. The molecule has 8 nitrogen and oxygen atoms in total. The maximum atomic E-state index is 12.1. The van der Waals surface area contributed by atoms with Gasteiger partial charge in [-0.05, 0) is 43.2 Å². The van der Waals surface area contributed by atoms with Gasteiger partial charge in [-0.2, -0.15) is 0 Å². The number of nitrogens with zero attached hydrogens (tertiary/aromatic N) is 1. The van der Waals surface area contributed by atoms with E-state index in [0.29, 0.717) is 17.1 Å². The van der Waals surface area contributed by atoms with Gasteiger partial charge in [0.2, 0.25) is 0 Å². The molecule has 1 aromatic heterocycles. The second kappa shape index (κ2) is 8.32. The second-order valence-corrected chi connectivity index (χ2v) is 8.17. The van der Waals surface area contributed by atoms with Gasteiger partial charge in [-0.1, -0.05) is 30.3 Å². The van der Waals surface area contributed by atoms with Crippen LogP contribution in [0.2, 0.25) is 0 Å². The summed E-state index contributed by atoms with van der Waals surface area (Å²) in [5, 5.41) is 28.7. The van der Waals surface area contributed by atoms with Gasteiger partial charge in [0.1, 0.15) is 11.4 Å². The number of carboxylic acids is 1. The van der Waals surface area contributed by atoms with E-state index in [2.05, 4.69) is 20.9 Å². The highest BCUT2D eigenvalue weighted by Crippen LogP contribution is 2.33. The van der Waals surface area contributed by atoms with Crippen molar-refractivity contribution in [1.29, 1.82) is 0 Å². The van der Waals surface area contributed by atoms with Gasteiger partial charge in [0, 0.05) is 23.5 Å². The van der Waals surface area contributed by atoms with Gasteiger partial charge < -0.3 is 26.2 Å². The number of nitrogens with one attached hydrogen (secondary N) is 3. The first-order valence-electron chi connectivity index (χ1n) is 10.2. The summed E-state index contributed by atoms with van der Waals surface area (Å²) in [6.07, 6.45) is 1.27. The van der Waals surface area contributed by atoms with Crippen LogP contribution in [0.25, 0.3) is 0 Å². The predicted octanol–water partition coefficient (Wildman–Crippen LogP) is 3.65.